The average Bonchev–Trinajstić information content (AvgIpc) is 3.23. The molecule has 0 unspecified atom stereocenters. The predicted octanol–water partition coefficient (Wildman–Crippen LogP) is 1.67. The molecule has 2 aromatic rings. The van der Waals surface area contributed by atoms with E-state index in [1.54, 1.807) is 41.1 Å². The van der Waals surface area contributed by atoms with Crippen LogP contribution in [0, 0.1) is 5.82 Å². The molecule has 9 heteroatoms. The Morgan fingerprint density at radius 3 is 3.07 bits per heavy atom. The zero-order chi connectivity index (χ0) is 20.6. The SMILES string of the molecule is COCCNC(=O)c1cn([C@@H]2CCCN(C(=O)/C=C\c3cccc(F)c3)C2)nn1. The molecule has 1 N–H and O–H groups in total. The summed E-state index contributed by atoms with van der Waals surface area (Å²) in [5.74, 6) is -0.794. The molecule has 0 bridgehead atoms. The van der Waals surface area contributed by atoms with Gasteiger partial charge in [0.2, 0.25) is 5.91 Å². The van der Waals surface area contributed by atoms with E-state index in [9.17, 15) is 14.0 Å². The monoisotopic (exact) mass is 401 g/mol. The van der Waals surface area contributed by atoms with Crippen LogP contribution in [0.15, 0.2) is 36.5 Å². The molecule has 0 saturated carbocycles. The number of benzene rings is 1. The number of likely N-dealkylation sites (tertiary alicyclic amines) is 1. The fraction of sp³-hybridized carbons (Fsp3) is 0.400. The van der Waals surface area contributed by atoms with E-state index in [0.717, 1.165) is 12.8 Å². The van der Waals surface area contributed by atoms with Crippen LogP contribution in [0.1, 0.15) is 34.9 Å². The van der Waals surface area contributed by atoms with Gasteiger partial charge in [-0.3, -0.25) is 9.59 Å². The molecule has 0 spiro atoms. The molecule has 2 heterocycles. The number of halogens is 1. The van der Waals surface area contributed by atoms with Crippen molar-refractivity contribution in [3.05, 3.63) is 53.6 Å². The van der Waals surface area contributed by atoms with Gasteiger partial charge in [-0.2, -0.15) is 0 Å². The number of hydrogen-bond donors (Lipinski definition) is 1. The van der Waals surface area contributed by atoms with Gasteiger partial charge >= 0.3 is 0 Å². The molecule has 1 aromatic heterocycles. The molecule has 0 radical (unpaired) electrons. The zero-order valence-electron chi connectivity index (χ0n) is 16.3. The summed E-state index contributed by atoms with van der Waals surface area (Å²) in [6.07, 6.45) is 6.31. The standard InChI is InChI=1S/C20H24FN5O3/c1-29-11-9-22-20(28)18-14-26(24-23-18)17-6-3-10-25(13-17)19(27)8-7-15-4-2-5-16(21)12-15/h2,4-5,7-8,12,14,17H,3,6,9-11,13H2,1H3,(H,22,28)/b8-7-/t17-/m1/s1. The summed E-state index contributed by atoms with van der Waals surface area (Å²) in [5.41, 5.74) is 0.864. The minimum absolute atomic E-state index is 0.0525. The van der Waals surface area contributed by atoms with Gasteiger partial charge in [0.25, 0.3) is 5.91 Å². The number of nitrogens with zero attached hydrogens (tertiary/aromatic N) is 4. The van der Waals surface area contributed by atoms with Crippen molar-refractivity contribution in [1.82, 2.24) is 25.2 Å². The van der Waals surface area contributed by atoms with Gasteiger partial charge in [0.15, 0.2) is 5.69 Å². The number of ether oxygens (including phenoxy) is 1. The topological polar surface area (TPSA) is 89.4 Å². The first kappa shape index (κ1) is 20.7. The molecular formula is C20H24FN5O3. The molecule has 1 aliphatic heterocycles. The van der Waals surface area contributed by atoms with Crippen LogP contribution < -0.4 is 5.32 Å². The fourth-order valence-electron chi connectivity index (χ4n) is 3.17. The third-order valence-electron chi connectivity index (χ3n) is 4.68. The van der Waals surface area contributed by atoms with Crippen molar-refractivity contribution in [2.24, 2.45) is 0 Å². The Balaban J connectivity index is 1.59. The second-order valence-corrected chi connectivity index (χ2v) is 6.80. The van der Waals surface area contributed by atoms with E-state index in [1.165, 1.54) is 18.2 Å². The Kier molecular flexibility index (Phi) is 7.07. The second kappa shape index (κ2) is 9.92. The van der Waals surface area contributed by atoms with Gasteiger partial charge in [0.1, 0.15) is 5.82 Å². The van der Waals surface area contributed by atoms with E-state index in [2.05, 4.69) is 15.6 Å². The second-order valence-electron chi connectivity index (χ2n) is 6.80. The van der Waals surface area contributed by atoms with Gasteiger partial charge < -0.3 is 15.0 Å². The number of methoxy groups -OCH3 is 1. The van der Waals surface area contributed by atoms with Gasteiger partial charge in [0, 0.05) is 32.8 Å². The number of aromatic nitrogens is 3. The van der Waals surface area contributed by atoms with Gasteiger partial charge in [-0.1, -0.05) is 17.3 Å². The van der Waals surface area contributed by atoms with Gasteiger partial charge in [-0.15, -0.1) is 5.10 Å². The van der Waals surface area contributed by atoms with Crippen molar-refractivity contribution < 1.29 is 18.7 Å². The summed E-state index contributed by atoms with van der Waals surface area (Å²) >= 11 is 0. The lowest BCUT2D eigenvalue weighted by atomic mass is 10.1. The molecule has 1 aromatic carbocycles. The van der Waals surface area contributed by atoms with Crippen LogP contribution in [0.25, 0.3) is 6.08 Å². The number of carbonyl (C=O) groups excluding carboxylic acids is 2. The van der Waals surface area contributed by atoms with E-state index >= 15 is 0 Å². The molecule has 3 rings (SSSR count). The Morgan fingerprint density at radius 2 is 2.28 bits per heavy atom. The van der Waals surface area contributed by atoms with Crippen LogP contribution in [0.5, 0.6) is 0 Å². The summed E-state index contributed by atoms with van der Waals surface area (Å²) < 4.78 is 19.8. The van der Waals surface area contributed by atoms with Gasteiger partial charge in [0.05, 0.1) is 18.8 Å². The maximum Gasteiger partial charge on any atom is 0.273 e. The molecule has 1 fully saturated rings. The summed E-state index contributed by atoms with van der Waals surface area (Å²) in [6, 6.07) is 6.02. The van der Waals surface area contributed by atoms with Crippen molar-refractivity contribution >= 4 is 17.9 Å². The highest BCUT2D eigenvalue weighted by molar-refractivity contribution is 5.92. The van der Waals surface area contributed by atoms with Crippen molar-refractivity contribution in [2.45, 2.75) is 18.9 Å². The summed E-state index contributed by atoms with van der Waals surface area (Å²) in [5, 5.41) is 10.7. The minimum atomic E-state index is -0.342. The minimum Gasteiger partial charge on any atom is -0.383 e. The highest BCUT2D eigenvalue weighted by atomic mass is 19.1. The lowest BCUT2D eigenvalue weighted by Gasteiger charge is -2.31. The van der Waals surface area contributed by atoms with Crippen molar-refractivity contribution in [1.29, 1.82) is 0 Å². The van der Waals surface area contributed by atoms with E-state index in [0.29, 0.717) is 31.8 Å². The first-order valence-electron chi connectivity index (χ1n) is 9.48. The maximum atomic E-state index is 13.3. The number of hydrogen-bond acceptors (Lipinski definition) is 5. The molecule has 1 aliphatic rings. The third kappa shape index (κ3) is 5.71. The highest BCUT2D eigenvalue weighted by Crippen LogP contribution is 2.21. The molecule has 29 heavy (non-hydrogen) atoms. The molecular weight excluding hydrogens is 377 g/mol. The summed E-state index contributed by atoms with van der Waals surface area (Å²) in [7, 11) is 1.56. The summed E-state index contributed by atoms with van der Waals surface area (Å²) in [6.45, 7) is 1.93. The quantitative estimate of drug-likeness (QED) is 0.563. The van der Waals surface area contributed by atoms with E-state index in [4.69, 9.17) is 4.74 Å². The molecule has 0 aliphatic carbocycles. The highest BCUT2D eigenvalue weighted by Gasteiger charge is 2.25. The normalized spacial score (nSPS) is 16.9. The molecule has 1 atom stereocenters. The Hall–Kier alpha value is -3.07. The van der Waals surface area contributed by atoms with Gasteiger partial charge in [-0.25, -0.2) is 9.07 Å². The zero-order valence-corrected chi connectivity index (χ0v) is 16.3. The Morgan fingerprint density at radius 1 is 1.41 bits per heavy atom. The number of piperidine rings is 1. The maximum absolute atomic E-state index is 13.3. The van der Waals surface area contributed by atoms with Crippen molar-refractivity contribution in [2.75, 3.05) is 33.4 Å². The average molecular weight is 401 g/mol. The van der Waals surface area contributed by atoms with Crippen LogP contribution in [-0.4, -0.2) is 65.1 Å². The predicted molar refractivity (Wildman–Crippen MR) is 105 cm³/mol. The van der Waals surface area contributed by atoms with Crippen LogP contribution in [0.3, 0.4) is 0 Å². The lowest BCUT2D eigenvalue weighted by Crippen LogP contribution is -2.40. The number of amides is 2. The number of rotatable bonds is 7. The third-order valence-corrected chi connectivity index (χ3v) is 4.68. The summed E-state index contributed by atoms with van der Waals surface area (Å²) in [4.78, 5) is 26.3. The smallest absolute Gasteiger partial charge is 0.273 e. The van der Waals surface area contributed by atoms with Crippen LogP contribution in [-0.2, 0) is 9.53 Å². The molecule has 1 saturated heterocycles. The van der Waals surface area contributed by atoms with E-state index in [1.807, 2.05) is 0 Å². The lowest BCUT2D eigenvalue weighted by molar-refractivity contribution is -0.127. The van der Waals surface area contributed by atoms with Crippen LogP contribution >= 0.6 is 0 Å². The van der Waals surface area contributed by atoms with Crippen LogP contribution in [0.2, 0.25) is 0 Å². The van der Waals surface area contributed by atoms with Crippen molar-refractivity contribution in [3.8, 4) is 0 Å². The van der Waals surface area contributed by atoms with Gasteiger partial charge in [-0.05, 0) is 36.6 Å². The number of nitrogens with one attached hydrogen (secondary N) is 1. The van der Waals surface area contributed by atoms with E-state index < -0.39 is 0 Å². The molecule has 8 nitrogen and oxygen atoms in total. The van der Waals surface area contributed by atoms with Crippen molar-refractivity contribution in [3.63, 3.8) is 0 Å². The Bertz CT molecular complexity index is 883. The fourth-order valence-corrected chi connectivity index (χ4v) is 3.17. The van der Waals surface area contributed by atoms with Crippen LogP contribution in [0.4, 0.5) is 4.39 Å². The molecule has 2 amide bonds. The first-order valence-corrected chi connectivity index (χ1v) is 9.48. The Labute approximate surface area is 168 Å². The largest absolute Gasteiger partial charge is 0.383 e. The molecule has 154 valence electrons. The van der Waals surface area contributed by atoms with E-state index in [-0.39, 0.29) is 29.4 Å². The first-order chi connectivity index (χ1) is 14.1. The number of carbonyl (C=O) groups is 2.